The zero-order valence-electron chi connectivity index (χ0n) is 14.5. The minimum absolute atomic E-state index is 0.0461. The molecule has 0 spiro atoms. The summed E-state index contributed by atoms with van der Waals surface area (Å²) >= 11 is 0. The number of fused-ring (bicyclic) bond motifs is 1. The van der Waals surface area contributed by atoms with Crippen LogP contribution in [0.15, 0.2) is 42.5 Å². The first-order valence-corrected chi connectivity index (χ1v) is 8.78. The molecular weight excluding hydrogens is 280 g/mol. The quantitative estimate of drug-likeness (QED) is 0.780. The fraction of sp³-hybridized carbons (Fsp3) is 0.429. The van der Waals surface area contributed by atoms with Crippen molar-refractivity contribution in [2.45, 2.75) is 57.3 Å². The number of hydrogen-bond donors (Lipinski definition) is 2. The van der Waals surface area contributed by atoms with E-state index in [9.17, 15) is 0 Å². The Morgan fingerprint density at radius 3 is 1.96 bits per heavy atom. The lowest BCUT2D eigenvalue weighted by atomic mass is 9.69. The molecule has 2 aromatic carbocycles. The van der Waals surface area contributed by atoms with Crippen LogP contribution in [0.2, 0.25) is 0 Å². The van der Waals surface area contributed by atoms with Crippen molar-refractivity contribution in [1.82, 2.24) is 0 Å². The van der Waals surface area contributed by atoms with Crippen LogP contribution in [0.1, 0.15) is 63.1 Å². The zero-order valence-corrected chi connectivity index (χ0v) is 14.5. The molecule has 23 heavy (non-hydrogen) atoms. The fourth-order valence-corrected chi connectivity index (χ4v) is 4.65. The van der Waals surface area contributed by atoms with Gasteiger partial charge < -0.3 is 11.5 Å². The number of nitrogens with two attached hydrogens (primary N) is 2. The van der Waals surface area contributed by atoms with Crippen LogP contribution in [0.4, 0.5) is 11.4 Å². The van der Waals surface area contributed by atoms with Crippen molar-refractivity contribution in [2.75, 3.05) is 11.5 Å². The van der Waals surface area contributed by atoms with Crippen molar-refractivity contribution in [1.29, 1.82) is 0 Å². The van der Waals surface area contributed by atoms with E-state index in [1.54, 1.807) is 0 Å². The second-order valence-electron chi connectivity index (χ2n) is 7.03. The van der Waals surface area contributed by atoms with Crippen molar-refractivity contribution in [2.24, 2.45) is 0 Å². The monoisotopic (exact) mass is 308 g/mol. The van der Waals surface area contributed by atoms with Crippen LogP contribution in [0.5, 0.6) is 0 Å². The molecule has 0 bridgehead atoms. The molecule has 1 aliphatic rings. The van der Waals surface area contributed by atoms with Crippen molar-refractivity contribution in [3.63, 3.8) is 0 Å². The van der Waals surface area contributed by atoms with Crippen LogP contribution < -0.4 is 11.5 Å². The Balaban J connectivity index is 2.27. The van der Waals surface area contributed by atoms with E-state index in [1.807, 2.05) is 12.1 Å². The molecule has 2 aromatic rings. The van der Waals surface area contributed by atoms with E-state index in [0.717, 1.165) is 37.1 Å². The molecule has 1 unspecified atom stereocenters. The molecule has 1 atom stereocenters. The van der Waals surface area contributed by atoms with E-state index in [4.69, 9.17) is 11.5 Å². The molecule has 3 rings (SSSR count). The number of benzene rings is 2. The van der Waals surface area contributed by atoms with E-state index in [1.165, 1.54) is 16.7 Å². The van der Waals surface area contributed by atoms with Gasteiger partial charge in [0.15, 0.2) is 0 Å². The lowest BCUT2D eigenvalue weighted by Gasteiger charge is -2.34. The lowest BCUT2D eigenvalue weighted by Crippen LogP contribution is -2.29. The van der Waals surface area contributed by atoms with E-state index >= 15 is 0 Å². The Morgan fingerprint density at radius 1 is 0.783 bits per heavy atom. The molecule has 0 fully saturated rings. The number of rotatable bonds is 4. The average Bonchev–Trinajstić information content (AvgIpc) is 2.86. The minimum Gasteiger partial charge on any atom is -0.399 e. The van der Waals surface area contributed by atoms with Crippen LogP contribution in [0.3, 0.4) is 0 Å². The maximum Gasteiger partial charge on any atom is 0.0317 e. The summed E-state index contributed by atoms with van der Waals surface area (Å²) in [4.78, 5) is 0. The number of hydrogen-bond acceptors (Lipinski definition) is 2. The smallest absolute Gasteiger partial charge is 0.0317 e. The van der Waals surface area contributed by atoms with Gasteiger partial charge in [-0.1, -0.05) is 39.0 Å². The summed E-state index contributed by atoms with van der Waals surface area (Å²) in [7, 11) is 0. The van der Waals surface area contributed by atoms with Gasteiger partial charge in [0.25, 0.3) is 0 Å². The molecule has 2 heteroatoms. The number of anilines is 2. The van der Waals surface area contributed by atoms with Crippen molar-refractivity contribution in [3.05, 3.63) is 59.2 Å². The Labute approximate surface area is 139 Å². The van der Waals surface area contributed by atoms with Crippen LogP contribution in [-0.2, 0) is 10.8 Å². The minimum atomic E-state index is 0.0461. The third-order valence-electron chi connectivity index (χ3n) is 6.19. The molecule has 0 aromatic heterocycles. The van der Waals surface area contributed by atoms with Crippen molar-refractivity contribution < 1.29 is 0 Å². The first-order chi connectivity index (χ1) is 11.0. The van der Waals surface area contributed by atoms with Gasteiger partial charge in [0.1, 0.15) is 0 Å². The molecule has 0 saturated carbocycles. The first-order valence-electron chi connectivity index (χ1n) is 8.78. The molecule has 1 aliphatic carbocycles. The Bertz CT molecular complexity index is 698. The molecule has 122 valence electrons. The summed E-state index contributed by atoms with van der Waals surface area (Å²) in [6, 6.07) is 15.0. The van der Waals surface area contributed by atoms with E-state index in [2.05, 4.69) is 51.1 Å². The van der Waals surface area contributed by atoms with Gasteiger partial charge in [-0.05, 0) is 72.1 Å². The van der Waals surface area contributed by atoms with Crippen molar-refractivity contribution >= 4 is 11.4 Å². The summed E-state index contributed by atoms with van der Waals surface area (Å²) in [6.07, 6.45) is 4.57. The number of nitrogen functional groups attached to an aromatic ring is 2. The van der Waals surface area contributed by atoms with E-state index in [0.29, 0.717) is 0 Å². The van der Waals surface area contributed by atoms with Gasteiger partial charge in [0.05, 0.1) is 0 Å². The SMILES string of the molecule is CCC1(CC)CC(CC)(c2ccc(N)cc2)c2cc(N)ccc21. The molecular formula is C21H28N2. The van der Waals surface area contributed by atoms with E-state index in [-0.39, 0.29) is 10.8 Å². The van der Waals surface area contributed by atoms with Crippen LogP contribution >= 0.6 is 0 Å². The highest BCUT2D eigenvalue weighted by atomic mass is 14.6. The molecule has 0 heterocycles. The van der Waals surface area contributed by atoms with Gasteiger partial charge in [-0.2, -0.15) is 0 Å². The summed E-state index contributed by atoms with van der Waals surface area (Å²) in [5.74, 6) is 0. The second-order valence-corrected chi connectivity index (χ2v) is 7.03. The van der Waals surface area contributed by atoms with E-state index < -0.39 is 0 Å². The van der Waals surface area contributed by atoms with Gasteiger partial charge >= 0.3 is 0 Å². The van der Waals surface area contributed by atoms with Crippen molar-refractivity contribution in [3.8, 4) is 0 Å². The maximum absolute atomic E-state index is 6.16. The summed E-state index contributed by atoms with van der Waals surface area (Å²) in [5, 5.41) is 0. The van der Waals surface area contributed by atoms with Crippen LogP contribution in [0.25, 0.3) is 0 Å². The first kappa shape index (κ1) is 15.9. The molecule has 4 N–H and O–H groups in total. The predicted octanol–water partition coefficient (Wildman–Crippen LogP) is 5.01. The normalized spacial score (nSPS) is 22.0. The average molecular weight is 308 g/mol. The second kappa shape index (κ2) is 5.59. The summed E-state index contributed by atoms with van der Waals surface area (Å²) < 4.78 is 0. The highest BCUT2D eigenvalue weighted by Gasteiger charge is 2.50. The third kappa shape index (κ3) is 2.23. The Kier molecular flexibility index (Phi) is 3.87. The summed E-state index contributed by atoms with van der Waals surface area (Å²) in [6.45, 7) is 6.93. The van der Waals surface area contributed by atoms with Crippen LogP contribution in [-0.4, -0.2) is 0 Å². The molecule has 0 aliphatic heterocycles. The lowest BCUT2D eigenvalue weighted by molar-refractivity contribution is 0.324. The standard InChI is InChI=1S/C21H28N2/c1-4-20(5-2)14-21(6-3,15-7-9-16(22)10-8-15)19-13-17(23)11-12-18(19)20/h7-13H,4-6,14,22-23H2,1-3H3. The van der Waals surface area contributed by atoms with Crippen LogP contribution in [0, 0.1) is 0 Å². The topological polar surface area (TPSA) is 52.0 Å². The largest absolute Gasteiger partial charge is 0.399 e. The molecule has 0 amide bonds. The third-order valence-corrected chi connectivity index (χ3v) is 6.19. The highest BCUT2D eigenvalue weighted by molar-refractivity contribution is 5.59. The van der Waals surface area contributed by atoms with Gasteiger partial charge in [-0.15, -0.1) is 0 Å². The molecule has 2 nitrogen and oxygen atoms in total. The molecule has 0 saturated heterocycles. The van der Waals surface area contributed by atoms with Gasteiger partial charge in [0, 0.05) is 16.8 Å². The fourth-order valence-electron chi connectivity index (χ4n) is 4.65. The maximum atomic E-state index is 6.16. The Hall–Kier alpha value is -1.96. The van der Waals surface area contributed by atoms with Gasteiger partial charge in [-0.3, -0.25) is 0 Å². The molecule has 0 radical (unpaired) electrons. The zero-order chi connectivity index (χ0) is 16.7. The van der Waals surface area contributed by atoms with Gasteiger partial charge in [-0.25, -0.2) is 0 Å². The highest BCUT2D eigenvalue weighted by Crippen LogP contribution is 2.57. The Morgan fingerprint density at radius 2 is 1.39 bits per heavy atom. The predicted molar refractivity (Wildman–Crippen MR) is 99.7 cm³/mol. The summed E-state index contributed by atoms with van der Waals surface area (Å²) in [5.41, 5.74) is 18.3. The van der Waals surface area contributed by atoms with Gasteiger partial charge in [0.2, 0.25) is 0 Å².